The smallest absolute Gasteiger partial charge is 0.160 e. The molecule has 1 aliphatic rings. The van der Waals surface area contributed by atoms with Gasteiger partial charge in [-0.2, -0.15) is 5.26 Å². The maximum atomic E-state index is 9.13. The van der Waals surface area contributed by atoms with E-state index in [1.807, 2.05) is 18.3 Å². The van der Waals surface area contributed by atoms with Gasteiger partial charge < -0.3 is 20.7 Å². The Balaban J connectivity index is 2.18. The van der Waals surface area contributed by atoms with Gasteiger partial charge in [-0.05, 0) is 24.4 Å². The molecule has 2 rings (SSSR count). The molecule has 0 radical (unpaired) electrons. The number of nitrogens with two attached hydrogens (primary N) is 1. The van der Waals surface area contributed by atoms with Crippen LogP contribution in [0.15, 0.2) is 29.4 Å². The number of nitrogens with zero attached hydrogens (tertiary/aromatic N) is 3. The van der Waals surface area contributed by atoms with Gasteiger partial charge >= 0.3 is 0 Å². The second-order valence-electron chi connectivity index (χ2n) is 4.28. The van der Waals surface area contributed by atoms with Crippen molar-refractivity contribution in [2.24, 2.45) is 4.99 Å². The van der Waals surface area contributed by atoms with Crippen LogP contribution in [0, 0.1) is 11.3 Å². The maximum absolute atomic E-state index is 9.13. The van der Waals surface area contributed by atoms with E-state index in [0.29, 0.717) is 30.2 Å². The molecule has 0 aliphatic carbocycles. The minimum Gasteiger partial charge on any atom is -0.488 e. The van der Waals surface area contributed by atoms with Gasteiger partial charge in [-0.15, -0.1) is 0 Å². The van der Waals surface area contributed by atoms with Gasteiger partial charge in [-0.3, -0.25) is 4.99 Å². The summed E-state index contributed by atoms with van der Waals surface area (Å²) >= 11 is 0. The van der Waals surface area contributed by atoms with Gasteiger partial charge in [0.05, 0.1) is 24.1 Å². The van der Waals surface area contributed by atoms with E-state index >= 15 is 0 Å². The van der Waals surface area contributed by atoms with Crippen LogP contribution in [0.25, 0.3) is 0 Å². The Hall–Kier alpha value is -2.68. The Labute approximate surface area is 118 Å². The first-order valence-corrected chi connectivity index (χ1v) is 6.29. The van der Waals surface area contributed by atoms with E-state index in [1.54, 1.807) is 19.5 Å². The highest BCUT2D eigenvalue weighted by Crippen LogP contribution is 2.36. The van der Waals surface area contributed by atoms with E-state index in [4.69, 9.17) is 15.7 Å². The summed E-state index contributed by atoms with van der Waals surface area (Å²) in [5.41, 5.74) is 7.74. The van der Waals surface area contributed by atoms with Gasteiger partial charge in [0, 0.05) is 19.3 Å². The van der Waals surface area contributed by atoms with Crippen molar-refractivity contribution in [2.45, 2.75) is 0 Å². The van der Waals surface area contributed by atoms with Crippen molar-refractivity contribution in [3.63, 3.8) is 0 Å². The maximum Gasteiger partial charge on any atom is 0.160 e. The minimum atomic E-state index is 0.477. The number of nitriles is 1. The SMILES string of the molecule is CN=CN/C=C/CN1CCOc2c(C#N)cc(N)cc21. The molecule has 3 N–H and O–H groups in total. The molecule has 0 spiro atoms. The van der Waals surface area contributed by atoms with E-state index in [0.717, 1.165) is 12.2 Å². The van der Waals surface area contributed by atoms with Crippen molar-refractivity contribution in [3.05, 3.63) is 30.0 Å². The summed E-state index contributed by atoms with van der Waals surface area (Å²) in [4.78, 5) is 5.94. The number of ether oxygens (including phenoxy) is 1. The van der Waals surface area contributed by atoms with Crippen LogP contribution in [0.3, 0.4) is 0 Å². The molecule has 104 valence electrons. The highest BCUT2D eigenvalue weighted by Gasteiger charge is 2.21. The molecular weight excluding hydrogens is 254 g/mol. The Morgan fingerprint density at radius 2 is 2.45 bits per heavy atom. The van der Waals surface area contributed by atoms with Gasteiger partial charge in [0.25, 0.3) is 0 Å². The van der Waals surface area contributed by atoms with Crippen LogP contribution >= 0.6 is 0 Å². The third-order valence-corrected chi connectivity index (χ3v) is 2.90. The molecule has 0 fully saturated rings. The number of hydrogen-bond acceptors (Lipinski definition) is 5. The largest absolute Gasteiger partial charge is 0.488 e. The van der Waals surface area contributed by atoms with Crippen LogP contribution in [0.1, 0.15) is 5.56 Å². The fourth-order valence-corrected chi connectivity index (χ4v) is 2.04. The lowest BCUT2D eigenvalue weighted by molar-refractivity contribution is 0.308. The number of aliphatic imine (C=N–C) groups is 1. The average Bonchev–Trinajstić information content (AvgIpc) is 2.46. The molecule has 1 heterocycles. The second-order valence-corrected chi connectivity index (χ2v) is 4.28. The molecule has 0 saturated heterocycles. The van der Waals surface area contributed by atoms with E-state index in [-0.39, 0.29) is 0 Å². The molecule has 0 bridgehead atoms. The first-order valence-electron chi connectivity index (χ1n) is 6.29. The normalized spacial score (nSPS) is 14.1. The van der Waals surface area contributed by atoms with Crippen LogP contribution < -0.4 is 20.7 Å². The summed E-state index contributed by atoms with van der Waals surface area (Å²) in [5.74, 6) is 0.615. The zero-order chi connectivity index (χ0) is 14.4. The standard InChI is InChI=1S/C14H17N5O/c1-17-10-18-3-2-4-19-5-6-20-14-11(9-15)7-12(16)8-13(14)19/h2-3,7-8,10H,4-6,16H2,1H3,(H,17,18)/b3-2+. The van der Waals surface area contributed by atoms with Gasteiger partial charge in [0.2, 0.25) is 0 Å². The van der Waals surface area contributed by atoms with Crippen molar-refractivity contribution in [1.29, 1.82) is 5.26 Å². The summed E-state index contributed by atoms with van der Waals surface area (Å²) in [6, 6.07) is 5.59. The topological polar surface area (TPSA) is 86.7 Å². The third-order valence-electron chi connectivity index (χ3n) is 2.90. The van der Waals surface area contributed by atoms with Crippen molar-refractivity contribution < 1.29 is 4.74 Å². The highest BCUT2D eigenvalue weighted by molar-refractivity contribution is 5.72. The van der Waals surface area contributed by atoms with Crippen LogP contribution in [0.2, 0.25) is 0 Å². The van der Waals surface area contributed by atoms with E-state index < -0.39 is 0 Å². The van der Waals surface area contributed by atoms with Crippen molar-refractivity contribution in [2.75, 3.05) is 37.4 Å². The molecule has 6 heteroatoms. The number of hydrogen-bond donors (Lipinski definition) is 2. The first kappa shape index (κ1) is 13.7. The van der Waals surface area contributed by atoms with E-state index in [9.17, 15) is 0 Å². The molecule has 6 nitrogen and oxygen atoms in total. The van der Waals surface area contributed by atoms with Crippen molar-refractivity contribution in [1.82, 2.24) is 5.32 Å². The molecule has 1 aromatic carbocycles. The van der Waals surface area contributed by atoms with E-state index in [2.05, 4.69) is 21.3 Å². The molecule has 1 aliphatic heterocycles. The molecule has 0 saturated carbocycles. The number of anilines is 2. The van der Waals surface area contributed by atoms with Gasteiger partial charge in [-0.25, -0.2) is 0 Å². The first-order chi connectivity index (χ1) is 9.76. The third kappa shape index (κ3) is 3.01. The number of nitrogen functional groups attached to an aromatic ring is 1. The molecule has 0 unspecified atom stereocenters. The Kier molecular flexibility index (Phi) is 4.45. The molecule has 20 heavy (non-hydrogen) atoms. The van der Waals surface area contributed by atoms with Gasteiger partial charge in [0.1, 0.15) is 12.7 Å². The number of nitrogens with one attached hydrogen (secondary N) is 1. The molecule has 0 atom stereocenters. The number of benzene rings is 1. The molecule has 0 aromatic heterocycles. The number of fused-ring (bicyclic) bond motifs is 1. The van der Waals surface area contributed by atoms with Gasteiger partial charge in [-0.1, -0.05) is 0 Å². The Bertz CT molecular complexity index is 574. The zero-order valence-electron chi connectivity index (χ0n) is 11.3. The predicted octanol–water partition coefficient (Wildman–Crippen LogP) is 1.10. The summed E-state index contributed by atoms with van der Waals surface area (Å²) < 4.78 is 5.59. The lowest BCUT2D eigenvalue weighted by Crippen LogP contribution is -2.33. The zero-order valence-corrected chi connectivity index (χ0v) is 11.3. The van der Waals surface area contributed by atoms with Crippen LogP contribution in [-0.2, 0) is 0 Å². The Morgan fingerprint density at radius 3 is 3.20 bits per heavy atom. The van der Waals surface area contributed by atoms with Crippen LogP contribution in [-0.4, -0.2) is 33.1 Å². The quantitative estimate of drug-likeness (QED) is 0.486. The van der Waals surface area contributed by atoms with Crippen molar-refractivity contribution in [3.8, 4) is 11.8 Å². The van der Waals surface area contributed by atoms with Gasteiger partial charge in [0.15, 0.2) is 5.75 Å². The fourth-order valence-electron chi connectivity index (χ4n) is 2.04. The number of rotatable bonds is 4. The summed E-state index contributed by atoms with van der Waals surface area (Å²) in [7, 11) is 1.70. The molecule has 1 aromatic rings. The highest BCUT2D eigenvalue weighted by atomic mass is 16.5. The molecular formula is C14H17N5O. The van der Waals surface area contributed by atoms with Crippen LogP contribution in [0.4, 0.5) is 11.4 Å². The van der Waals surface area contributed by atoms with Crippen LogP contribution in [0.5, 0.6) is 5.75 Å². The average molecular weight is 271 g/mol. The predicted molar refractivity (Wildman–Crippen MR) is 80.0 cm³/mol. The summed E-state index contributed by atoms with van der Waals surface area (Å²) in [6.45, 7) is 2.02. The minimum absolute atomic E-state index is 0.477. The lowest BCUT2D eigenvalue weighted by Gasteiger charge is -2.31. The molecule has 0 amide bonds. The monoisotopic (exact) mass is 271 g/mol. The Morgan fingerprint density at radius 1 is 1.60 bits per heavy atom. The summed E-state index contributed by atoms with van der Waals surface area (Å²) in [6.07, 6.45) is 5.40. The van der Waals surface area contributed by atoms with Crippen molar-refractivity contribution >= 4 is 17.7 Å². The lowest BCUT2D eigenvalue weighted by atomic mass is 10.1. The second kappa shape index (κ2) is 6.48. The summed E-state index contributed by atoms with van der Waals surface area (Å²) in [5, 5.41) is 12.1. The van der Waals surface area contributed by atoms with E-state index in [1.165, 1.54) is 0 Å². The fraction of sp³-hybridized carbons (Fsp3) is 0.286.